The molecular formula is C19H18N4O2S2. The van der Waals surface area contributed by atoms with Crippen molar-refractivity contribution in [2.24, 2.45) is 5.92 Å². The van der Waals surface area contributed by atoms with E-state index in [1.165, 1.54) is 11.3 Å². The summed E-state index contributed by atoms with van der Waals surface area (Å²) in [7, 11) is 0. The van der Waals surface area contributed by atoms with Crippen molar-refractivity contribution >= 4 is 45.3 Å². The summed E-state index contributed by atoms with van der Waals surface area (Å²) in [6.07, 6.45) is 2.07. The molecule has 4 rings (SSSR count). The number of hydrogen-bond acceptors (Lipinski definition) is 6. The molecule has 2 aromatic heterocycles. The molecule has 0 radical (unpaired) electrons. The van der Waals surface area contributed by atoms with E-state index in [2.05, 4.69) is 20.6 Å². The number of thiazole rings is 2. The van der Waals surface area contributed by atoms with Crippen LogP contribution in [0.4, 0.5) is 10.8 Å². The SMILES string of the molecule is Cc1nc(-c2ccc(NC(=O)Cc3csc(NC(=O)C4CC4)n3)cc2)cs1. The lowest BCUT2D eigenvalue weighted by molar-refractivity contribution is -0.117. The standard InChI is InChI=1S/C19H18N4O2S2/c1-11-20-16(10-26-11)12-4-6-14(7-5-12)21-17(24)8-15-9-27-19(22-15)23-18(25)13-2-3-13/h4-7,9-10,13H,2-3,8H2,1H3,(H,21,24)(H,22,23,25). The van der Waals surface area contributed by atoms with Gasteiger partial charge >= 0.3 is 0 Å². The number of aryl methyl sites for hydroxylation is 1. The lowest BCUT2D eigenvalue weighted by Gasteiger charge is -2.05. The van der Waals surface area contributed by atoms with Crippen LogP contribution in [0.25, 0.3) is 11.3 Å². The smallest absolute Gasteiger partial charge is 0.230 e. The third-order valence-corrected chi connectivity index (χ3v) is 5.74. The summed E-state index contributed by atoms with van der Waals surface area (Å²) in [6, 6.07) is 7.62. The Kier molecular flexibility index (Phi) is 5.00. The van der Waals surface area contributed by atoms with Gasteiger partial charge < -0.3 is 10.6 Å². The number of anilines is 2. The molecule has 0 atom stereocenters. The molecule has 1 fully saturated rings. The van der Waals surface area contributed by atoms with Crippen molar-refractivity contribution in [3.05, 3.63) is 45.7 Å². The minimum atomic E-state index is -0.141. The van der Waals surface area contributed by atoms with Crippen molar-refractivity contribution in [1.29, 1.82) is 0 Å². The van der Waals surface area contributed by atoms with Crippen molar-refractivity contribution in [2.75, 3.05) is 10.6 Å². The van der Waals surface area contributed by atoms with Crippen LogP contribution in [0.1, 0.15) is 23.5 Å². The number of hydrogen-bond donors (Lipinski definition) is 2. The monoisotopic (exact) mass is 398 g/mol. The van der Waals surface area contributed by atoms with Gasteiger partial charge in [0.25, 0.3) is 0 Å². The predicted octanol–water partition coefficient (Wildman–Crippen LogP) is 4.10. The maximum absolute atomic E-state index is 12.2. The highest BCUT2D eigenvalue weighted by molar-refractivity contribution is 7.14. The van der Waals surface area contributed by atoms with E-state index < -0.39 is 0 Å². The fourth-order valence-electron chi connectivity index (χ4n) is 2.59. The molecular weight excluding hydrogens is 380 g/mol. The summed E-state index contributed by atoms with van der Waals surface area (Å²) >= 11 is 2.96. The van der Waals surface area contributed by atoms with Crippen LogP contribution < -0.4 is 10.6 Å². The van der Waals surface area contributed by atoms with Gasteiger partial charge in [0, 0.05) is 27.9 Å². The summed E-state index contributed by atoms with van der Waals surface area (Å²) in [4.78, 5) is 32.8. The second-order valence-corrected chi connectivity index (χ2v) is 8.38. The van der Waals surface area contributed by atoms with Crippen LogP contribution in [0.3, 0.4) is 0 Å². The number of amides is 2. The first-order valence-corrected chi connectivity index (χ1v) is 10.4. The second kappa shape index (κ2) is 7.58. The number of nitrogens with zero attached hydrogens (tertiary/aromatic N) is 2. The minimum Gasteiger partial charge on any atom is -0.326 e. The fraction of sp³-hybridized carbons (Fsp3) is 0.263. The Balaban J connectivity index is 1.32. The van der Waals surface area contributed by atoms with Crippen LogP contribution in [0, 0.1) is 12.8 Å². The summed E-state index contributed by atoms with van der Waals surface area (Å²) in [5.41, 5.74) is 3.35. The molecule has 3 aromatic rings. The lowest BCUT2D eigenvalue weighted by Crippen LogP contribution is -2.15. The molecule has 0 saturated heterocycles. The third kappa shape index (κ3) is 4.58. The molecule has 8 heteroatoms. The van der Waals surface area contributed by atoms with Crippen LogP contribution in [-0.4, -0.2) is 21.8 Å². The van der Waals surface area contributed by atoms with Gasteiger partial charge in [0.05, 0.1) is 22.8 Å². The van der Waals surface area contributed by atoms with E-state index in [0.717, 1.165) is 34.8 Å². The molecule has 2 N–H and O–H groups in total. The van der Waals surface area contributed by atoms with Crippen molar-refractivity contribution < 1.29 is 9.59 Å². The fourth-order valence-corrected chi connectivity index (χ4v) is 3.92. The first-order valence-electron chi connectivity index (χ1n) is 8.64. The third-order valence-electron chi connectivity index (χ3n) is 4.16. The van der Waals surface area contributed by atoms with Crippen LogP contribution in [-0.2, 0) is 16.0 Å². The Morgan fingerprint density at radius 1 is 1.07 bits per heavy atom. The van der Waals surface area contributed by atoms with Crippen molar-refractivity contribution in [3.8, 4) is 11.3 Å². The van der Waals surface area contributed by atoms with Gasteiger partial charge in [0.1, 0.15) is 0 Å². The van der Waals surface area contributed by atoms with Gasteiger partial charge in [-0.25, -0.2) is 9.97 Å². The number of aromatic nitrogens is 2. The molecule has 0 bridgehead atoms. The number of nitrogens with one attached hydrogen (secondary N) is 2. The number of carbonyl (C=O) groups is 2. The van der Waals surface area contributed by atoms with E-state index >= 15 is 0 Å². The van der Waals surface area contributed by atoms with Gasteiger partial charge in [-0.05, 0) is 31.9 Å². The van der Waals surface area contributed by atoms with Gasteiger partial charge in [-0.1, -0.05) is 12.1 Å². The molecule has 0 spiro atoms. The van der Waals surface area contributed by atoms with E-state index in [9.17, 15) is 9.59 Å². The van der Waals surface area contributed by atoms with Crippen LogP contribution in [0.5, 0.6) is 0 Å². The largest absolute Gasteiger partial charge is 0.326 e. The Labute approximate surface area is 164 Å². The maximum atomic E-state index is 12.2. The van der Waals surface area contributed by atoms with E-state index in [1.54, 1.807) is 16.7 Å². The Hall–Kier alpha value is -2.58. The summed E-state index contributed by atoms with van der Waals surface area (Å²) < 4.78 is 0. The average Bonchev–Trinajstić information content (AvgIpc) is 3.28. The van der Waals surface area contributed by atoms with Gasteiger partial charge in [-0.3, -0.25) is 9.59 Å². The molecule has 0 aliphatic heterocycles. The van der Waals surface area contributed by atoms with Gasteiger partial charge in [-0.15, -0.1) is 22.7 Å². The Morgan fingerprint density at radius 2 is 1.85 bits per heavy atom. The predicted molar refractivity (Wildman–Crippen MR) is 108 cm³/mol. The van der Waals surface area contributed by atoms with Gasteiger partial charge in [0.15, 0.2) is 5.13 Å². The minimum absolute atomic E-state index is 0.0238. The molecule has 27 heavy (non-hydrogen) atoms. The summed E-state index contributed by atoms with van der Waals surface area (Å²) in [6.45, 7) is 1.98. The number of rotatable bonds is 6. The van der Waals surface area contributed by atoms with Crippen molar-refractivity contribution in [1.82, 2.24) is 9.97 Å². The van der Waals surface area contributed by atoms with Crippen LogP contribution in [0.2, 0.25) is 0 Å². The van der Waals surface area contributed by atoms with E-state index in [4.69, 9.17) is 0 Å². The van der Waals surface area contributed by atoms with E-state index in [1.807, 2.05) is 36.6 Å². The van der Waals surface area contributed by atoms with Gasteiger partial charge in [0.2, 0.25) is 11.8 Å². The summed E-state index contributed by atoms with van der Waals surface area (Å²) in [5, 5.41) is 11.1. The molecule has 6 nitrogen and oxygen atoms in total. The zero-order valence-electron chi connectivity index (χ0n) is 14.7. The van der Waals surface area contributed by atoms with Gasteiger partial charge in [-0.2, -0.15) is 0 Å². The van der Waals surface area contributed by atoms with Crippen molar-refractivity contribution in [2.45, 2.75) is 26.2 Å². The topological polar surface area (TPSA) is 84.0 Å². The highest BCUT2D eigenvalue weighted by Gasteiger charge is 2.30. The Morgan fingerprint density at radius 3 is 2.52 bits per heavy atom. The molecule has 1 saturated carbocycles. The van der Waals surface area contributed by atoms with Crippen LogP contribution >= 0.6 is 22.7 Å². The second-order valence-electron chi connectivity index (χ2n) is 6.46. The van der Waals surface area contributed by atoms with Crippen LogP contribution in [0.15, 0.2) is 35.0 Å². The zero-order chi connectivity index (χ0) is 18.8. The normalized spacial score (nSPS) is 13.4. The molecule has 1 aliphatic carbocycles. The first-order chi connectivity index (χ1) is 13.1. The first kappa shape index (κ1) is 17.8. The quantitative estimate of drug-likeness (QED) is 0.655. The Bertz CT molecular complexity index is 974. The molecule has 2 amide bonds. The van der Waals surface area contributed by atoms with Crippen molar-refractivity contribution in [3.63, 3.8) is 0 Å². The number of benzene rings is 1. The molecule has 138 valence electrons. The van der Waals surface area contributed by atoms with E-state index in [-0.39, 0.29) is 24.2 Å². The molecule has 1 aromatic carbocycles. The molecule has 0 unspecified atom stereocenters. The van der Waals surface area contributed by atoms with E-state index in [0.29, 0.717) is 10.8 Å². The average molecular weight is 399 g/mol. The lowest BCUT2D eigenvalue weighted by atomic mass is 10.1. The zero-order valence-corrected chi connectivity index (χ0v) is 16.3. The summed E-state index contributed by atoms with van der Waals surface area (Å²) in [5.74, 6) is 0.0187. The molecule has 2 heterocycles. The highest BCUT2D eigenvalue weighted by atomic mass is 32.1. The number of carbonyl (C=O) groups excluding carboxylic acids is 2. The highest BCUT2D eigenvalue weighted by Crippen LogP contribution is 2.30. The molecule has 1 aliphatic rings. The maximum Gasteiger partial charge on any atom is 0.230 e.